The summed E-state index contributed by atoms with van der Waals surface area (Å²) in [5, 5.41) is 0. The van der Waals surface area contributed by atoms with Crippen LogP contribution in [0.2, 0.25) is 0 Å². The normalized spacial score (nSPS) is 18.3. The number of terminal acetylenes is 1. The number of hydrogen-bond donors (Lipinski definition) is 0. The van der Waals surface area contributed by atoms with Crippen LogP contribution in [0.4, 0.5) is 5.69 Å². The Morgan fingerprint density at radius 2 is 2.26 bits per heavy atom. The summed E-state index contributed by atoms with van der Waals surface area (Å²) in [4.78, 5) is 25.3. The number of hydrogen-bond acceptors (Lipinski definition) is 3. The molecule has 1 heterocycles. The van der Waals surface area contributed by atoms with Crippen molar-refractivity contribution in [3.63, 3.8) is 0 Å². The summed E-state index contributed by atoms with van der Waals surface area (Å²) < 4.78 is 4.73. The Kier molecular flexibility index (Phi) is 3.57. The van der Waals surface area contributed by atoms with Gasteiger partial charge in [-0.1, -0.05) is 6.07 Å². The third-order valence-corrected chi connectivity index (χ3v) is 3.36. The van der Waals surface area contributed by atoms with Gasteiger partial charge in [0, 0.05) is 24.6 Å². The van der Waals surface area contributed by atoms with Crippen LogP contribution in [0.5, 0.6) is 0 Å². The van der Waals surface area contributed by atoms with Gasteiger partial charge in [-0.2, -0.15) is 0 Å². The Balaban J connectivity index is 2.39. The zero-order chi connectivity index (χ0) is 14.0. The average molecular weight is 257 g/mol. The van der Waals surface area contributed by atoms with Gasteiger partial charge >= 0.3 is 5.97 Å². The molecule has 0 bridgehead atoms. The Labute approximate surface area is 112 Å². The summed E-state index contributed by atoms with van der Waals surface area (Å²) in [6.07, 6.45) is 5.73. The number of rotatable bonds is 2. The van der Waals surface area contributed by atoms with Gasteiger partial charge in [-0.05, 0) is 24.6 Å². The molecule has 0 N–H and O–H groups in total. The Morgan fingerprint density at radius 1 is 1.53 bits per heavy atom. The van der Waals surface area contributed by atoms with Crippen LogP contribution in [0.1, 0.15) is 22.3 Å². The van der Waals surface area contributed by atoms with Gasteiger partial charge in [0.2, 0.25) is 5.91 Å². The summed E-state index contributed by atoms with van der Waals surface area (Å²) in [6.45, 7) is 2.30. The van der Waals surface area contributed by atoms with Crippen molar-refractivity contribution in [3.05, 3.63) is 29.3 Å². The van der Waals surface area contributed by atoms with Gasteiger partial charge in [0.1, 0.15) is 0 Å². The van der Waals surface area contributed by atoms with Crippen molar-refractivity contribution >= 4 is 17.6 Å². The van der Waals surface area contributed by atoms with Gasteiger partial charge in [0.25, 0.3) is 0 Å². The van der Waals surface area contributed by atoms with E-state index in [9.17, 15) is 9.59 Å². The van der Waals surface area contributed by atoms with Crippen LogP contribution in [-0.2, 0) is 9.53 Å². The lowest BCUT2D eigenvalue weighted by Crippen LogP contribution is -2.25. The van der Waals surface area contributed by atoms with Crippen LogP contribution < -0.4 is 4.90 Å². The molecule has 4 heteroatoms. The Hall–Kier alpha value is -2.28. The van der Waals surface area contributed by atoms with E-state index >= 15 is 0 Å². The Bertz CT molecular complexity index is 571. The van der Waals surface area contributed by atoms with Gasteiger partial charge in [-0.3, -0.25) is 4.79 Å². The topological polar surface area (TPSA) is 46.6 Å². The summed E-state index contributed by atoms with van der Waals surface area (Å²) >= 11 is 0. The number of amides is 1. The van der Waals surface area contributed by atoms with E-state index in [1.54, 1.807) is 24.0 Å². The summed E-state index contributed by atoms with van der Waals surface area (Å²) in [6, 6.07) is 5.24. The minimum Gasteiger partial charge on any atom is -0.465 e. The zero-order valence-corrected chi connectivity index (χ0v) is 11.0. The predicted molar refractivity (Wildman–Crippen MR) is 71.8 cm³/mol. The first kappa shape index (κ1) is 13.2. The lowest BCUT2D eigenvalue weighted by molar-refractivity contribution is -0.117. The van der Waals surface area contributed by atoms with E-state index in [0.29, 0.717) is 18.5 Å². The molecular weight excluding hydrogens is 242 g/mol. The molecule has 0 saturated carbocycles. The molecule has 0 spiro atoms. The van der Waals surface area contributed by atoms with Crippen LogP contribution in [0, 0.1) is 25.2 Å². The maximum absolute atomic E-state index is 12.0. The molecule has 1 fully saturated rings. The molecule has 0 aliphatic carbocycles. The van der Waals surface area contributed by atoms with E-state index in [1.807, 2.05) is 6.07 Å². The second-order valence-corrected chi connectivity index (χ2v) is 4.51. The summed E-state index contributed by atoms with van der Waals surface area (Å²) in [5.41, 5.74) is 1.93. The molecule has 4 nitrogen and oxygen atoms in total. The van der Waals surface area contributed by atoms with Crippen molar-refractivity contribution in [1.82, 2.24) is 0 Å². The highest BCUT2D eigenvalue weighted by atomic mass is 16.5. The number of benzene rings is 1. The first-order chi connectivity index (χ1) is 9.08. The number of ether oxygens (including phenoxy) is 1. The monoisotopic (exact) mass is 257 g/mol. The molecule has 1 saturated heterocycles. The third kappa shape index (κ3) is 2.32. The van der Waals surface area contributed by atoms with Crippen molar-refractivity contribution in [2.75, 3.05) is 18.6 Å². The largest absolute Gasteiger partial charge is 0.465 e. The average Bonchev–Trinajstić information content (AvgIpc) is 2.79. The number of anilines is 1. The fraction of sp³-hybridized carbons (Fsp3) is 0.333. The van der Waals surface area contributed by atoms with E-state index in [2.05, 4.69) is 5.92 Å². The molecule has 1 aliphatic rings. The number of esters is 1. The lowest BCUT2D eigenvalue weighted by atomic mass is 10.1. The van der Waals surface area contributed by atoms with Crippen LogP contribution >= 0.6 is 0 Å². The quantitative estimate of drug-likeness (QED) is 0.599. The number of methoxy groups -OCH3 is 1. The minimum atomic E-state index is -0.403. The molecule has 1 unspecified atom stereocenters. The van der Waals surface area contributed by atoms with Gasteiger partial charge in [0.05, 0.1) is 12.7 Å². The summed E-state index contributed by atoms with van der Waals surface area (Å²) in [5.74, 6) is 2.14. The SMILES string of the molecule is C#CC1CC(=O)N(c2cccc(C(=O)OC)c2C)C1. The highest BCUT2D eigenvalue weighted by Gasteiger charge is 2.30. The molecule has 1 aromatic rings. The molecule has 2 rings (SSSR count). The van der Waals surface area contributed by atoms with Crippen LogP contribution in [0.25, 0.3) is 0 Å². The molecule has 1 amide bonds. The second kappa shape index (κ2) is 5.15. The number of carbonyl (C=O) groups excluding carboxylic acids is 2. The zero-order valence-electron chi connectivity index (χ0n) is 11.0. The van der Waals surface area contributed by atoms with E-state index in [1.165, 1.54) is 7.11 Å². The fourth-order valence-electron chi connectivity index (χ4n) is 2.30. The van der Waals surface area contributed by atoms with Crippen molar-refractivity contribution in [3.8, 4) is 12.3 Å². The van der Waals surface area contributed by atoms with Crippen molar-refractivity contribution in [1.29, 1.82) is 0 Å². The van der Waals surface area contributed by atoms with Crippen LogP contribution in [-0.4, -0.2) is 25.5 Å². The van der Waals surface area contributed by atoms with E-state index in [-0.39, 0.29) is 11.8 Å². The first-order valence-electron chi connectivity index (χ1n) is 6.03. The summed E-state index contributed by atoms with van der Waals surface area (Å²) in [7, 11) is 1.34. The van der Waals surface area contributed by atoms with Crippen molar-refractivity contribution in [2.24, 2.45) is 5.92 Å². The molecule has 0 radical (unpaired) electrons. The smallest absolute Gasteiger partial charge is 0.338 e. The van der Waals surface area contributed by atoms with Crippen molar-refractivity contribution < 1.29 is 14.3 Å². The van der Waals surface area contributed by atoms with Crippen LogP contribution in [0.3, 0.4) is 0 Å². The molecular formula is C15H15NO3. The third-order valence-electron chi connectivity index (χ3n) is 3.36. The fourth-order valence-corrected chi connectivity index (χ4v) is 2.30. The van der Waals surface area contributed by atoms with E-state index in [0.717, 1.165) is 11.3 Å². The molecule has 1 aliphatic heterocycles. The molecule has 19 heavy (non-hydrogen) atoms. The maximum atomic E-state index is 12.0. The lowest BCUT2D eigenvalue weighted by Gasteiger charge is -2.19. The molecule has 1 aromatic carbocycles. The van der Waals surface area contributed by atoms with Gasteiger partial charge < -0.3 is 9.64 Å². The van der Waals surface area contributed by atoms with Crippen LogP contribution in [0.15, 0.2) is 18.2 Å². The van der Waals surface area contributed by atoms with Crippen molar-refractivity contribution in [2.45, 2.75) is 13.3 Å². The van der Waals surface area contributed by atoms with E-state index < -0.39 is 5.97 Å². The molecule has 0 aromatic heterocycles. The highest BCUT2D eigenvalue weighted by molar-refractivity contribution is 5.99. The standard InChI is InChI=1S/C15H15NO3/c1-4-11-8-14(17)16(9-11)13-7-5-6-12(10(13)2)15(18)19-3/h1,5-7,11H,8-9H2,2-3H3. The van der Waals surface area contributed by atoms with Gasteiger partial charge in [-0.15, -0.1) is 12.3 Å². The minimum absolute atomic E-state index is 0.00642. The number of nitrogens with zero attached hydrogens (tertiary/aromatic N) is 1. The number of carbonyl (C=O) groups is 2. The maximum Gasteiger partial charge on any atom is 0.338 e. The Morgan fingerprint density at radius 3 is 2.84 bits per heavy atom. The van der Waals surface area contributed by atoms with E-state index in [4.69, 9.17) is 11.2 Å². The second-order valence-electron chi connectivity index (χ2n) is 4.51. The predicted octanol–water partition coefficient (Wildman–Crippen LogP) is 1.77. The van der Waals surface area contributed by atoms with Gasteiger partial charge in [-0.25, -0.2) is 4.79 Å². The van der Waals surface area contributed by atoms with Gasteiger partial charge in [0.15, 0.2) is 0 Å². The highest BCUT2D eigenvalue weighted by Crippen LogP contribution is 2.29. The molecule has 1 atom stereocenters. The molecule has 98 valence electrons. The first-order valence-corrected chi connectivity index (χ1v) is 6.03.